The lowest BCUT2D eigenvalue weighted by molar-refractivity contribution is -0.0785. The molecule has 6 nitrogen and oxygen atoms in total. The monoisotopic (exact) mass is 378 g/mol. The van der Waals surface area contributed by atoms with Crippen molar-refractivity contribution in [1.29, 1.82) is 5.26 Å². The van der Waals surface area contributed by atoms with Crippen molar-refractivity contribution in [1.82, 2.24) is 4.98 Å². The van der Waals surface area contributed by atoms with Crippen molar-refractivity contribution in [3.8, 4) is 22.9 Å². The number of benzene rings is 1. The fraction of sp³-hybridized carbons (Fsp3) is 0.294. The van der Waals surface area contributed by atoms with Gasteiger partial charge in [-0.15, -0.1) is 11.8 Å². The molecule has 1 aliphatic heterocycles. The molecular weight excluding hydrogens is 364 g/mol. The Bertz CT molecular complexity index is 796. The van der Waals surface area contributed by atoms with Crippen LogP contribution in [0.5, 0.6) is 5.75 Å². The molecule has 0 aliphatic carbocycles. The molecule has 0 amide bonds. The fourth-order valence-corrected chi connectivity index (χ4v) is 3.69. The van der Waals surface area contributed by atoms with Gasteiger partial charge in [-0.1, -0.05) is 17.7 Å². The highest BCUT2D eigenvalue weighted by molar-refractivity contribution is 7.99. The van der Waals surface area contributed by atoms with E-state index in [9.17, 15) is 15.3 Å². The van der Waals surface area contributed by atoms with Gasteiger partial charge in [0.05, 0.1) is 11.1 Å². The molecule has 0 saturated carbocycles. The van der Waals surface area contributed by atoms with E-state index < -0.39 is 23.7 Å². The van der Waals surface area contributed by atoms with Crippen molar-refractivity contribution in [3.63, 3.8) is 0 Å². The summed E-state index contributed by atoms with van der Waals surface area (Å²) >= 11 is 7.38. The van der Waals surface area contributed by atoms with E-state index in [1.807, 2.05) is 6.07 Å². The molecule has 0 radical (unpaired) electrons. The van der Waals surface area contributed by atoms with Crippen LogP contribution in [0, 0.1) is 11.3 Å². The summed E-state index contributed by atoms with van der Waals surface area (Å²) in [6.07, 6.45) is -1.91. The summed E-state index contributed by atoms with van der Waals surface area (Å²) in [6.45, 7) is 0. The van der Waals surface area contributed by atoms with Crippen LogP contribution < -0.4 is 4.74 Å². The Kier molecular flexibility index (Phi) is 5.47. The Balaban J connectivity index is 1.83. The zero-order chi connectivity index (χ0) is 18.0. The summed E-state index contributed by atoms with van der Waals surface area (Å²) in [4.78, 5) is 4.03. The van der Waals surface area contributed by atoms with E-state index in [1.165, 1.54) is 11.8 Å². The van der Waals surface area contributed by atoms with E-state index in [0.717, 1.165) is 11.1 Å². The van der Waals surface area contributed by atoms with Gasteiger partial charge in [0.15, 0.2) is 5.44 Å². The summed E-state index contributed by atoms with van der Waals surface area (Å²) in [7, 11) is 0. The number of nitrogens with zero attached hydrogens (tertiary/aromatic N) is 2. The number of aliphatic hydroxyl groups is 3. The van der Waals surface area contributed by atoms with Crippen LogP contribution >= 0.6 is 23.4 Å². The second kappa shape index (κ2) is 7.60. The average molecular weight is 379 g/mol. The minimum atomic E-state index is -1.27. The summed E-state index contributed by atoms with van der Waals surface area (Å²) in [5.41, 5.74) is 1.15. The summed E-state index contributed by atoms with van der Waals surface area (Å²) < 4.78 is 5.76. The smallest absolute Gasteiger partial charge is 0.173 e. The first-order valence-corrected chi connectivity index (χ1v) is 8.91. The Morgan fingerprint density at radius 1 is 1.16 bits per heavy atom. The van der Waals surface area contributed by atoms with Crippen molar-refractivity contribution in [2.75, 3.05) is 5.75 Å². The minimum absolute atomic E-state index is 0.250. The summed E-state index contributed by atoms with van der Waals surface area (Å²) in [5.74, 6) is 0.600. The molecule has 0 spiro atoms. The maximum absolute atomic E-state index is 10.1. The Morgan fingerprint density at radius 3 is 2.60 bits per heavy atom. The molecule has 4 atom stereocenters. The number of halogens is 1. The maximum Gasteiger partial charge on any atom is 0.173 e. The Labute approximate surface area is 153 Å². The number of thioether (sulfide) groups is 1. The van der Waals surface area contributed by atoms with E-state index in [4.69, 9.17) is 21.6 Å². The van der Waals surface area contributed by atoms with Crippen LogP contribution in [0.4, 0.5) is 0 Å². The molecule has 0 unspecified atom stereocenters. The summed E-state index contributed by atoms with van der Waals surface area (Å²) in [5, 5.41) is 38.6. The average Bonchev–Trinajstić information content (AvgIpc) is 2.64. The molecule has 1 aromatic heterocycles. The van der Waals surface area contributed by atoms with Crippen LogP contribution in [0.25, 0.3) is 11.1 Å². The Morgan fingerprint density at radius 2 is 1.92 bits per heavy atom. The lowest BCUT2D eigenvalue weighted by Crippen LogP contribution is -2.50. The van der Waals surface area contributed by atoms with Gasteiger partial charge in [-0.05, 0) is 29.8 Å². The van der Waals surface area contributed by atoms with Crippen LogP contribution in [-0.2, 0) is 0 Å². The number of hydrogen-bond donors (Lipinski definition) is 3. The number of ether oxygens (including phenoxy) is 1. The highest BCUT2D eigenvalue weighted by Gasteiger charge is 2.38. The van der Waals surface area contributed by atoms with Gasteiger partial charge < -0.3 is 20.1 Å². The first-order chi connectivity index (χ1) is 12.0. The third-order valence-corrected chi connectivity index (χ3v) is 5.39. The molecule has 130 valence electrons. The molecule has 3 N–H and O–H groups in total. The van der Waals surface area contributed by atoms with Gasteiger partial charge in [-0.3, -0.25) is 0 Å². The van der Waals surface area contributed by atoms with Crippen LogP contribution in [0.1, 0.15) is 5.69 Å². The molecule has 25 heavy (non-hydrogen) atoms. The molecule has 2 aromatic rings. The van der Waals surface area contributed by atoms with Crippen molar-refractivity contribution in [2.45, 2.75) is 23.7 Å². The van der Waals surface area contributed by atoms with Gasteiger partial charge in [0.25, 0.3) is 0 Å². The molecule has 8 heteroatoms. The third-order valence-electron chi connectivity index (χ3n) is 3.84. The van der Waals surface area contributed by atoms with Crippen LogP contribution in [-0.4, -0.2) is 49.8 Å². The third kappa shape index (κ3) is 3.89. The van der Waals surface area contributed by atoms with Crippen molar-refractivity contribution in [2.24, 2.45) is 0 Å². The van der Waals surface area contributed by atoms with Crippen LogP contribution in [0.15, 0.2) is 36.5 Å². The SMILES string of the molecule is N#Cc1ccc(-c2ccc(Cl)c(O[C@H]3SC[C@@H](O)[C@H](O)[C@H]3O)c2)cn1. The lowest BCUT2D eigenvalue weighted by Gasteiger charge is -2.34. The van der Waals surface area contributed by atoms with Crippen LogP contribution in [0.2, 0.25) is 5.02 Å². The standard InChI is InChI=1S/C17H15ClN2O4S/c18-12-4-2-9(10-1-3-11(6-19)20-7-10)5-14(12)24-17-16(23)15(22)13(21)8-25-17/h1-5,7,13,15-17,21-23H,8H2/t13-,15+,16-,17+/m1/s1. The van der Waals surface area contributed by atoms with Gasteiger partial charge in [0.2, 0.25) is 0 Å². The van der Waals surface area contributed by atoms with E-state index in [-0.39, 0.29) is 5.75 Å². The molecule has 0 bridgehead atoms. The van der Waals surface area contributed by atoms with Gasteiger partial charge in [0.1, 0.15) is 29.7 Å². The zero-order valence-electron chi connectivity index (χ0n) is 12.9. The van der Waals surface area contributed by atoms with Crippen molar-refractivity contribution in [3.05, 3.63) is 47.2 Å². The molecule has 1 fully saturated rings. The number of hydrogen-bond acceptors (Lipinski definition) is 7. The van der Waals surface area contributed by atoms with E-state index in [2.05, 4.69) is 4.98 Å². The second-order valence-electron chi connectivity index (χ2n) is 5.56. The quantitative estimate of drug-likeness (QED) is 0.747. The fourth-order valence-electron chi connectivity index (χ4n) is 2.41. The number of nitriles is 1. The number of aliphatic hydroxyl groups excluding tert-OH is 3. The molecule has 1 aliphatic rings. The molecule has 1 aromatic carbocycles. The topological polar surface area (TPSA) is 107 Å². The van der Waals surface area contributed by atoms with Gasteiger partial charge >= 0.3 is 0 Å². The predicted molar refractivity (Wildman–Crippen MR) is 94.3 cm³/mol. The van der Waals surface area contributed by atoms with E-state index >= 15 is 0 Å². The highest BCUT2D eigenvalue weighted by Crippen LogP contribution is 2.35. The molecule has 1 saturated heterocycles. The van der Waals surface area contributed by atoms with E-state index in [0.29, 0.717) is 16.5 Å². The normalized spacial score (nSPS) is 26.0. The van der Waals surface area contributed by atoms with Gasteiger partial charge in [-0.25, -0.2) is 4.98 Å². The lowest BCUT2D eigenvalue weighted by atomic mass is 10.1. The molecule has 2 heterocycles. The molecule has 3 rings (SSSR count). The van der Waals surface area contributed by atoms with Gasteiger partial charge in [-0.2, -0.15) is 5.26 Å². The summed E-state index contributed by atoms with van der Waals surface area (Å²) in [6, 6.07) is 10.5. The number of pyridine rings is 1. The zero-order valence-corrected chi connectivity index (χ0v) is 14.5. The Hall–Kier alpha value is -1.82. The predicted octanol–water partition coefficient (Wildman–Crippen LogP) is 1.81. The van der Waals surface area contributed by atoms with E-state index in [1.54, 1.807) is 36.5 Å². The van der Waals surface area contributed by atoms with Gasteiger partial charge in [0, 0.05) is 17.5 Å². The number of aromatic nitrogens is 1. The second-order valence-corrected chi connectivity index (χ2v) is 7.10. The first kappa shape index (κ1) is 18.0. The molecular formula is C17H15ClN2O4S. The minimum Gasteiger partial charge on any atom is -0.475 e. The van der Waals surface area contributed by atoms with Crippen molar-refractivity contribution >= 4 is 23.4 Å². The maximum atomic E-state index is 10.1. The number of rotatable bonds is 3. The van der Waals surface area contributed by atoms with Crippen LogP contribution in [0.3, 0.4) is 0 Å². The highest BCUT2D eigenvalue weighted by atomic mass is 35.5. The first-order valence-electron chi connectivity index (χ1n) is 7.48. The largest absolute Gasteiger partial charge is 0.475 e. The van der Waals surface area contributed by atoms with Crippen molar-refractivity contribution < 1.29 is 20.1 Å².